The van der Waals surface area contributed by atoms with E-state index < -0.39 is 17.5 Å². The number of amides is 1. The van der Waals surface area contributed by atoms with Crippen molar-refractivity contribution < 1.29 is 18.8 Å². The minimum Gasteiger partial charge on any atom is -0.505 e. The van der Waals surface area contributed by atoms with E-state index in [1.54, 1.807) is 13.8 Å². The number of carbonyl (C=O) groups is 1. The van der Waals surface area contributed by atoms with E-state index in [0.29, 0.717) is 17.0 Å². The van der Waals surface area contributed by atoms with Crippen LogP contribution in [0.15, 0.2) is 22.7 Å². The molecule has 0 aliphatic heterocycles. The molecule has 0 atom stereocenters. The zero-order chi connectivity index (χ0) is 13.3. The van der Waals surface area contributed by atoms with Gasteiger partial charge in [0.05, 0.1) is 5.69 Å². The molecule has 0 aliphatic carbocycles. The van der Waals surface area contributed by atoms with Gasteiger partial charge in [-0.05, 0) is 26.0 Å². The van der Waals surface area contributed by atoms with E-state index in [1.807, 2.05) is 0 Å². The van der Waals surface area contributed by atoms with E-state index in [0.717, 1.165) is 12.1 Å². The third-order valence-electron chi connectivity index (χ3n) is 2.47. The molecular formula is C12H11FN2O3. The molecule has 0 unspecified atom stereocenters. The highest BCUT2D eigenvalue weighted by atomic mass is 19.1. The van der Waals surface area contributed by atoms with Gasteiger partial charge in [0.1, 0.15) is 11.3 Å². The Balaban J connectivity index is 2.24. The Morgan fingerprint density at radius 3 is 2.72 bits per heavy atom. The van der Waals surface area contributed by atoms with Crippen LogP contribution in [0.25, 0.3) is 0 Å². The molecule has 0 saturated heterocycles. The summed E-state index contributed by atoms with van der Waals surface area (Å²) in [5, 5.41) is 15.2. The van der Waals surface area contributed by atoms with Crippen molar-refractivity contribution in [1.29, 1.82) is 0 Å². The summed E-state index contributed by atoms with van der Waals surface area (Å²) in [6.07, 6.45) is 0. The average Bonchev–Trinajstić information content (AvgIpc) is 2.64. The van der Waals surface area contributed by atoms with Crippen LogP contribution < -0.4 is 5.32 Å². The number of hydrogen-bond donors (Lipinski definition) is 2. The van der Waals surface area contributed by atoms with Gasteiger partial charge in [-0.15, -0.1) is 0 Å². The summed E-state index contributed by atoms with van der Waals surface area (Å²) < 4.78 is 18.0. The van der Waals surface area contributed by atoms with Gasteiger partial charge in [-0.25, -0.2) is 4.39 Å². The first-order valence-electron chi connectivity index (χ1n) is 5.22. The number of hydrogen-bond acceptors (Lipinski definition) is 4. The molecule has 1 heterocycles. The maximum Gasteiger partial charge on any atom is 0.261 e. The fourth-order valence-electron chi connectivity index (χ4n) is 1.59. The van der Waals surface area contributed by atoms with Crippen molar-refractivity contribution in [2.24, 2.45) is 0 Å². The van der Waals surface area contributed by atoms with Crippen molar-refractivity contribution in [2.45, 2.75) is 13.8 Å². The number of aromatic nitrogens is 1. The number of nitrogens with one attached hydrogen (secondary N) is 1. The number of phenols is 1. The number of halogens is 1. The van der Waals surface area contributed by atoms with E-state index in [4.69, 9.17) is 9.63 Å². The fraction of sp³-hybridized carbons (Fsp3) is 0.167. The lowest BCUT2D eigenvalue weighted by Crippen LogP contribution is -2.13. The molecule has 2 aromatic rings. The first-order valence-corrected chi connectivity index (χ1v) is 5.22. The molecule has 1 amide bonds. The number of carbonyl (C=O) groups excluding carboxylic acids is 1. The molecule has 2 rings (SSSR count). The first-order chi connectivity index (χ1) is 8.49. The van der Waals surface area contributed by atoms with Crippen molar-refractivity contribution in [3.63, 3.8) is 0 Å². The summed E-state index contributed by atoms with van der Waals surface area (Å²) in [5.41, 5.74) is 1.03. The number of rotatable bonds is 2. The van der Waals surface area contributed by atoms with Crippen LogP contribution >= 0.6 is 0 Å². The number of aryl methyl sites for hydroxylation is 2. The molecule has 1 aromatic heterocycles. The summed E-state index contributed by atoms with van der Waals surface area (Å²) in [6, 6.07) is 3.60. The van der Waals surface area contributed by atoms with Gasteiger partial charge < -0.3 is 14.9 Å². The van der Waals surface area contributed by atoms with Crippen LogP contribution in [0.5, 0.6) is 5.75 Å². The Labute approximate surface area is 102 Å². The van der Waals surface area contributed by atoms with Gasteiger partial charge in [-0.2, -0.15) is 0 Å². The number of benzene rings is 1. The molecular weight excluding hydrogens is 239 g/mol. The van der Waals surface area contributed by atoms with E-state index in [1.165, 1.54) is 6.07 Å². The summed E-state index contributed by atoms with van der Waals surface area (Å²) in [6.45, 7) is 3.26. The Bertz CT molecular complexity index is 588. The Morgan fingerprint density at radius 2 is 2.17 bits per heavy atom. The second-order valence-electron chi connectivity index (χ2n) is 3.82. The zero-order valence-electron chi connectivity index (χ0n) is 9.82. The average molecular weight is 250 g/mol. The third kappa shape index (κ3) is 2.17. The highest BCUT2D eigenvalue weighted by Gasteiger charge is 2.17. The van der Waals surface area contributed by atoms with E-state index in [9.17, 15) is 9.18 Å². The van der Waals surface area contributed by atoms with Crippen LogP contribution in [0, 0.1) is 19.7 Å². The molecule has 94 valence electrons. The van der Waals surface area contributed by atoms with Gasteiger partial charge in [-0.3, -0.25) is 4.79 Å². The van der Waals surface area contributed by atoms with Crippen LogP contribution in [0.4, 0.5) is 10.1 Å². The summed E-state index contributed by atoms with van der Waals surface area (Å²) >= 11 is 0. The highest BCUT2D eigenvalue weighted by molar-refractivity contribution is 6.05. The predicted molar refractivity (Wildman–Crippen MR) is 62.0 cm³/mol. The van der Waals surface area contributed by atoms with Gasteiger partial charge in [-0.1, -0.05) is 5.16 Å². The van der Waals surface area contributed by atoms with Gasteiger partial charge >= 0.3 is 0 Å². The third-order valence-corrected chi connectivity index (χ3v) is 2.47. The summed E-state index contributed by atoms with van der Waals surface area (Å²) in [4.78, 5) is 11.9. The van der Waals surface area contributed by atoms with E-state index in [2.05, 4.69) is 10.5 Å². The largest absolute Gasteiger partial charge is 0.505 e. The first kappa shape index (κ1) is 12.1. The molecule has 18 heavy (non-hydrogen) atoms. The van der Waals surface area contributed by atoms with Crippen molar-refractivity contribution in [3.05, 3.63) is 41.0 Å². The molecule has 0 radical (unpaired) electrons. The molecule has 1 aromatic carbocycles. The van der Waals surface area contributed by atoms with Gasteiger partial charge in [0, 0.05) is 11.8 Å². The van der Waals surface area contributed by atoms with E-state index in [-0.39, 0.29) is 5.69 Å². The van der Waals surface area contributed by atoms with Crippen molar-refractivity contribution >= 4 is 11.6 Å². The number of anilines is 1. The SMILES string of the molecule is Cc1noc(C)c1C(=O)Nc1ccc(O)c(F)c1. The van der Waals surface area contributed by atoms with Gasteiger partial charge in [0.25, 0.3) is 5.91 Å². The van der Waals surface area contributed by atoms with Gasteiger partial charge in [0.2, 0.25) is 0 Å². The van der Waals surface area contributed by atoms with Crippen molar-refractivity contribution in [3.8, 4) is 5.75 Å². The lowest BCUT2D eigenvalue weighted by molar-refractivity contribution is 0.102. The van der Waals surface area contributed by atoms with Crippen LogP contribution in [-0.2, 0) is 0 Å². The number of aromatic hydroxyl groups is 1. The smallest absolute Gasteiger partial charge is 0.261 e. The molecule has 6 heteroatoms. The second-order valence-corrected chi connectivity index (χ2v) is 3.82. The molecule has 0 bridgehead atoms. The highest BCUT2D eigenvalue weighted by Crippen LogP contribution is 2.21. The monoisotopic (exact) mass is 250 g/mol. The molecule has 0 aliphatic rings. The Hall–Kier alpha value is -2.37. The molecule has 2 N–H and O–H groups in total. The maximum absolute atomic E-state index is 13.1. The van der Waals surface area contributed by atoms with Crippen molar-refractivity contribution in [1.82, 2.24) is 5.16 Å². The zero-order valence-corrected chi connectivity index (χ0v) is 9.82. The molecule has 0 fully saturated rings. The fourth-order valence-corrected chi connectivity index (χ4v) is 1.59. The van der Waals surface area contributed by atoms with Crippen molar-refractivity contribution in [2.75, 3.05) is 5.32 Å². The second kappa shape index (κ2) is 4.48. The van der Waals surface area contributed by atoms with Crippen LogP contribution in [0.3, 0.4) is 0 Å². The van der Waals surface area contributed by atoms with E-state index >= 15 is 0 Å². The van der Waals surface area contributed by atoms with Crippen LogP contribution in [-0.4, -0.2) is 16.2 Å². The standard InChI is InChI=1S/C12H11FN2O3/c1-6-11(7(2)18-15-6)12(17)14-8-3-4-10(16)9(13)5-8/h3-5,16H,1-2H3,(H,14,17). The summed E-state index contributed by atoms with van der Waals surface area (Å²) in [5.74, 6) is -1.31. The minimum atomic E-state index is -0.799. The number of phenolic OH excluding ortho intramolecular Hbond substituents is 1. The summed E-state index contributed by atoms with van der Waals surface area (Å²) in [7, 11) is 0. The predicted octanol–water partition coefficient (Wildman–Crippen LogP) is 2.39. The lowest BCUT2D eigenvalue weighted by atomic mass is 10.2. The maximum atomic E-state index is 13.1. The molecule has 5 nitrogen and oxygen atoms in total. The quantitative estimate of drug-likeness (QED) is 0.802. The normalized spacial score (nSPS) is 10.4. The topological polar surface area (TPSA) is 75.4 Å². The van der Waals surface area contributed by atoms with Crippen LogP contribution in [0.1, 0.15) is 21.8 Å². The Morgan fingerprint density at radius 1 is 1.44 bits per heavy atom. The Kier molecular flexibility index (Phi) is 3.01. The molecule has 0 saturated carbocycles. The van der Waals surface area contributed by atoms with Gasteiger partial charge in [0.15, 0.2) is 11.6 Å². The lowest BCUT2D eigenvalue weighted by Gasteiger charge is -2.05. The molecule has 0 spiro atoms. The van der Waals surface area contributed by atoms with Crippen LogP contribution in [0.2, 0.25) is 0 Å². The minimum absolute atomic E-state index is 0.246. The number of nitrogens with zero attached hydrogens (tertiary/aromatic N) is 1.